The third kappa shape index (κ3) is 11.7. The van der Waals surface area contributed by atoms with Gasteiger partial charge in [0.25, 0.3) is 0 Å². The molecule has 3 nitrogen and oxygen atoms in total. The first-order valence-electron chi connectivity index (χ1n) is 6.89. The first-order chi connectivity index (χ1) is 10.0. The highest BCUT2D eigenvalue weighted by Crippen LogP contribution is 1.95. The fourth-order valence-electron chi connectivity index (χ4n) is 1.10. The zero-order chi connectivity index (χ0) is 16.0. The first kappa shape index (κ1) is 19.1. The highest BCUT2D eigenvalue weighted by Gasteiger charge is 2.13. The number of sulfonamides is 1. The van der Waals surface area contributed by atoms with Crippen molar-refractivity contribution < 1.29 is 8.42 Å². The average molecular weight is 303 g/mol. The summed E-state index contributed by atoms with van der Waals surface area (Å²) in [5, 5.41) is 0. The van der Waals surface area contributed by atoms with Crippen LogP contribution in [0, 0.1) is 47.4 Å². The van der Waals surface area contributed by atoms with Crippen LogP contribution in [0.5, 0.6) is 0 Å². The molecule has 4 heteroatoms. The molecule has 0 saturated carbocycles. The fourth-order valence-corrected chi connectivity index (χ4v) is 1.70. The summed E-state index contributed by atoms with van der Waals surface area (Å²) in [4.78, 5) is 0. The molecular formula is C17H21NO2S. The molecule has 112 valence electrons. The third-order valence-electron chi connectivity index (χ3n) is 2.21. The van der Waals surface area contributed by atoms with Gasteiger partial charge in [0.15, 0.2) is 0 Å². The minimum Gasteiger partial charge on any atom is -0.212 e. The van der Waals surface area contributed by atoms with Gasteiger partial charge in [0.1, 0.15) is 0 Å². The molecule has 0 unspecified atom stereocenters. The molecule has 0 atom stereocenters. The number of nitrogens with zero attached hydrogens (tertiary/aromatic N) is 1. The van der Waals surface area contributed by atoms with Gasteiger partial charge in [0, 0.05) is 12.8 Å². The first-order valence-corrected chi connectivity index (χ1v) is 8.73. The quantitative estimate of drug-likeness (QED) is 0.727. The van der Waals surface area contributed by atoms with Gasteiger partial charge in [-0.1, -0.05) is 37.5 Å². The third-order valence-corrected chi connectivity index (χ3v) is 3.40. The van der Waals surface area contributed by atoms with Gasteiger partial charge in [-0.2, -0.15) is 4.31 Å². The van der Waals surface area contributed by atoms with Gasteiger partial charge in [0.05, 0.1) is 19.3 Å². The van der Waals surface area contributed by atoms with Crippen LogP contribution in [0.1, 0.15) is 39.5 Å². The summed E-state index contributed by atoms with van der Waals surface area (Å²) >= 11 is 0. The Morgan fingerprint density at radius 3 is 1.48 bits per heavy atom. The summed E-state index contributed by atoms with van der Waals surface area (Å²) in [7, 11) is -3.33. The zero-order valence-electron chi connectivity index (χ0n) is 12.9. The van der Waals surface area contributed by atoms with Gasteiger partial charge in [0.2, 0.25) is 10.0 Å². The number of rotatable bonds is 5. The lowest BCUT2D eigenvalue weighted by molar-refractivity contribution is 0.488. The minimum absolute atomic E-state index is 0.0940. The molecule has 0 spiro atoms. The van der Waals surface area contributed by atoms with Crippen LogP contribution in [0.3, 0.4) is 0 Å². The molecule has 0 aliphatic rings. The molecule has 0 radical (unpaired) electrons. The molecule has 0 amide bonds. The molecule has 0 rings (SSSR count). The van der Waals surface area contributed by atoms with E-state index in [1.165, 1.54) is 4.31 Å². The zero-order valence-corrected chi connectivity index (χ0v) is 13.7. The molecule has 0 aliphatic carbocycles. The molecule has 0 aromatic heterocycles. The molecule has 0 heterocycles. The highest BCUT2D eigenvalue weighted by atomic mass is 32.2. The van der Waals surface area contributed by atoms with Crippen molar-refractivity contribution >= 4 is 10.0 Å². The predicted molar refractivity (Wildman–Crippen MR) is 87.3 cm³/mol. The number of hydrogen-bond acceptors (Lipinski definition) is 2. The summed E-state index contributed by atoms with van der Waals surface area (Å²) in [5.41, 5.74) is 0. The van der Waals surface area contributed by atoms with Crippen molar-refractivity contribution in [1.29, 1.82) is 0 Å². The van der Waals surface area contributed by atoms with Crippen molar-refractivity contribution in [2.24, 2.45) is 0 Å². The van der Waals surface area contributed by atoms with Crippen molar-refractivity contribution in [3.8, 4) is 47.4 Å². The maximum atomic E-state index is 11.6. The van der Waals surface area contributed by atoms with E-state index >= 15 is 0 Å². The van der Waals surface area contributed by atoms with E-state index in [1.807, 2.05) is 13.8 Å². The van der Waals surface area contributed by atoms with E-state index in [0.29, 0.717) is 0 Å². The second-order valence-corrected chi connectivity index (χ2v) is 6.22. The fraction of sp³-hybridized carbons (Fsp3) is 0.529. The van der Waals surface area contributed by atoms with Crippen molar-refractivity contribution in [3.63, 3.8) is 0 Å². The summed E-state index contributed by atoms with van der Waals surface area (Å²) in [5.74, 6) is 21.9. The Hall–Kier alpha value is -1.85. The summed E-state index contributed by atoms with van der Waals surface area (Å²) in [6.45, 7) is 4.26. The molecule has 0 aromatic rings. The van der Waals surface area contributed by atoms with Crippen molar-refractivity contribution in [2.75, 3.05) is 19.3 Å². The van der Waals surface area contributed by atoms with Crippen molar-refractivity contribution in [3.05, 3.63) is 0 Å². The van der Waals surface area contributed by atoms with Crippen LogP contribution in [-0.2, 0) is 10.0 Å². The lowest BCUT2D eigenvalue weighted by Gasteiger charge is -2.12. The van der Waals surface area contributed by atoms with Gasteiger partial charge < -0.3 is 0 Å². The second-order valence-electron chi connectivity index (χ2n) is 4.24. The summed E-state index contributed by atoms with van der Waals surface area (Å²) in [6.07, 6.45) is 4.71. The SMILES string of the molecule is CCCC#CC#CCN(CC#CC#CCCC)S(C)(=O)=O. The molecule has 0 N–H and O–H groups in total. The molecule has 0 bridgehead atoms. The van der Waals surface area contributed by atoms with Gasteiger partial charge in [-0.05, 0) is 36.5 Å². The summed E-state index contributed by atoms with van der Waals surface area (Å²) in [6, 6.07) is 0. The van der Waals surface area contributed by atoms with E-state index in [1.54, 1.807) is 0 Å². The Bertz CT molecular complexity index is 603. The van der Waals surface area contributed by atoms with E-state index in [-0.39, 0.29) is 13.1 Å². The highest BCUT2D eigenvalue weighted by molar-refractivity contribution is 7.88. The van der Waals surface area contributed by atoms with Crippen molar-refractivity contribution in [1.82, 2.24) is 4.31 Å². The summed E-state index contributed by atoms with van der Waals surface area (Å²) < 4.78 is 24.4. The van der Waals surface area contributed by atoms with E-state index in [2.05, 4.69) is 47.4 Å². The molecule has 0 saturated heterocycles. The standard InChI is InChI=1S/C17H21NO2S/c1-4-6-8-10-12-14-16-18(21(3,19)20)17-15-13-11-9-7-5-2/h4-7,16-17H2,1-3H3. The normalized spacial score (nSPS) is 9.14. The molecule has 21 heavy (non-hydrogen) atoms. The minimum atomic E-state index is -3.33. The number of unbranched alkanes of at least 4 members (excludes halogenated alkanes) is 2. The largest absolute Gasteiger partial charge is 0.212 e. The predicted octanol–water partition coefficient (Wildman–Crippen LogP) is 1.86. The smallest absolute Gasteiger partial charge is 0.212 e. The second kappa shape index (κ2) is 11.9. The Balaban J connectivity index is 4.58. The maximum absolute atomic E-state index is 11.6. The van der Waals surface area contributed by atoms with Crippen LogP contribution in [0.4, 0.5) is 0 Å². The van der Waals surface area contributed by atoms with Crippen LogP contribution in [0.15, 0.2) is 0 Å². The maximum Gasteiger partial charge on any atom is 0.212 e. The lowest BCUT2D eigenvalue weighted by Crippen LogP contribution is -2.30. The van der Waals surface area contributed by atoms with Crippen LogP contribution in [0.2, 0.25) is 0 Å². The Morgan fingerprint density at radius 1 is 0.762 bits per heavy atom. The van der Waals surface area contributed by atoms with Crippen LogP contribution in [0.25, 0.3) is 0 Å². The average Bonchev–Trinajstić information content (AvgIpc) is 2.42. The molecule has 0 aromatic carbocycles. The monoisotopic (exact) mass is 303 g/mol. The van der Waals surface area contributed by atoms with Gasteiger partial charge >= 0.3 is 0 Å². The van der Waals surface area contributed by atoms with Crippen molar-refractivity contribution in [2.45, 2.75) is 39.5 Å². The lowest BCUT2D eigenvalue weighted by atomic mass is 10.3. The van der Waals surface area contributed by atoms with Crippen LogP contribution < -0.4 is 0 Å². The molecular weight excluding hydrogens is 282 g/mol. The number of hydrogen-bond donors (Lipinski definition) is 0. The van der Waals surface area contributed by atoms with E-state index in [9.17, 15) is 8.42 Å². The Labute approximate surface area is 129 Å². The van der Waals surface area contributed by atoms with E-state index in [0.717, 1.165) is 31.9 Å². The molecule has 0 aliphatic heterocycles. The van der Waals surface area contributed by atoms with E-state index < -0.39 is 10.0 Å². The Morgan fingerprint density at radius 2 is 1.14 bits per heavy atom. The van der Waals surface area contributed by atoms with Crippen LogP contribution >= 0.6 is 0 Å². The Kier molecular flexibility index (Phi) is 10.9. The van der Waals surface area contributed by atoms with Crippen LogP contribution in [-0.4, -0.2) is 32.1 Å². The van der Waals surface area contributed by atoms with Gasteiger partial charge in [-0.15, -0.1) is 0 Å². The van der Waals surface area contributed by atoms with E-state index in [4.69, 9.17) is 0 Å². The van der Waals surface area contributed by atoms with Gasteiger partial charge in [-0.3, -0.25) is 0 Å². The molecule has 0 fully saturated rings. The topological polar surface area (TPSA) is 37.4 Å². The van der Waals surface area contributed by atoms with Gasteiger partial charge in [-0.25, -0.2) is 8.42 Å².